The highest BCUT2D eigenvalue weighted by Crippen LogP contribution is 1.82. The van der Waals surface area contributed by atoms with Crippen LogP contribution in [-0.4, -0.2) is 29.5 Å². The summed E-state index contributed by atoms with van der Waals surface area (Å²) in [6.45, 7) is 4.62. The number of amidine groups is 1. The average molecular weight is 116 g/mol. The Bertz CT molecular complexity index is 90.4. The van der Waals surface area contributed by atoms with Crippen molar-refractivity contribution in [1.29, 1.82) is 0 Å². The quantitative estimate of drug-likeness (QED) is 0.237. The minimum atomic E-state index is 0.646. The average Bonchev–Trinajstić information content (AvgIpc) is 1.84. The molecule has 0 aliphatic carbocycles. The molecule has 0 rings (SSSR count). The number of hydrogen-bond acceptors (Lipinski definition) is 2. The molecule has 0 fully saturated rings. The summed E-state index contributed by atoms with van der Waals surface area (Å²) in [5, 5.41) is 11.2. The molecule has 0 amide bonds. The lowest BCUT2D eigenvalue weighted by molar-refractivity contribution is 0.306. The lowest BCUT2D eigenvalue weighted by Crippen LogP contribution is -2.23. The number of rotatable bonds is 1. The second kappa shape index (κ2) is 3.29. The van der Waals surface area contributed by atoms with E-state index in [1.807, 2.05) is 18.9 Å². The van der Waals surface area contributed by atoms with E-state index in [-0.39, 0.29) is 0 Å². The van der Waals surface area contributed by atoms with Gasteiger partial charge in [0.1, 0.15) is 5.84 Å². The maximum Gasteiger partial charge on any atom is 0.140 e. The zero-order valence-corrected chi connectivity index (χ0v) is 5.55. The van der Waals surface area contributed by atoms with Crippen molar-refractivity contribution < 1.29 is 5.21 Å². The SMILES string of the molecule is CCN(C)/C(C)=N\O. The molecule has 0 heterocycles. The summed E-state index contributed by atoms with van der Waals surface area (Å²) in [6, 6.07) is 0. The van der Waals surface area contributed by atoms with Crippen molar-refractivity contribution in [3.05, 3.63) is 0 Å². The molecule has 0 bridgehead atoms. The van der Waals surface area contributed by atoms with Crippen LogP contribution in [0.3, 0.4) is 0 Å². The lowest BCUT2D eigenvalue weighted by Gasteiger charge is -2.12. The third kappa shape index (κ3) is 1.82. The van der Waals surface area contributed by atoms with Gasteiger partial charge in [-0.2, -0.15) is 0 Å². The fourth-order valence-corrected chi connectivity index (χ4v) is 0.305. The lowest BCUT2D eigenvalue weighted by atomic mass is 10.5. The van der Waals surface area contributed by atoms with Gasteiger partial charge >= 0.3 is 0 Å². The Morgan fingerprint density at radius 3 is 2.38 bits per heavy atom. The molecule has 48 valence electrons. The van der Waals surface area contributed by atoms with Gasteiger partial charge in [0, 0.05) is 13.6 Å². The molecular formula is C5H12N2O. The van der Waals surface area contributed by atoms with Gasteiger partial charge in [-0.3, -0.25) is 0 Å². The van der Waals surface area contributed by atoms with Gasteiger partial charge in [-0.25, -0.2) is 0 Å². The summed E-state index contributed by atoms with van der Waals surface area (Å²) in [7, 11) is 1.87. The second-order valence-electron chi connectivity index (χ2n) is 1.66. The molecule has 0 spiro atoms. The number of oxime groups is 1. The predicted octanol–water partition coefficient (Wildman–Crippen LogP) is 0.746. The maximum absolute atomic E-state index is 8.18. The van der Waals surface area contributed by atoms with Crippen LogP contribution in [0.2, 0.25) is 0 Å². The van der Waals surface area contributed by atoms with E-state index >= 15 is 0 Å². The fraction of sp³-hybridized carbons (Fsp3) is 0.800. The minimum absolute atomic E-state index is 0.646. The standard InChI is InChI=1S/C5H12N2O/c1-4-7(3)5(2)6-8/h8H,4H2,1-3H3/b6-5-. The van der Waals surface area contributed by atoms with E-state index in [9.17, 15) is 0 Å². The highest BCUT2D eigenvalue weighted by atomic mass is 16.4. The predicted molar refractivity (Wildman–Crippen MR) is 33.2 cm³/mol. The molecule has 0 aromatic rings. The molecule has 0 saturated heterocycles. The molecule has 0 saturated carbocycles. The Labute approximate surface area is 49.6 Å². The minimum Gasteiger partial charge on any atom is -0.409 e. The van der Waals surface area contributed by atoms with Gasteiger partial charge in [0.15, 0.2) is 0 Å². The van der Waals surface area contributed by atoms with E-state index in [1.165, 1.54) is 0 Å². The molecule has 3 heteroatoms. The summed E-state index contributed by atoms with van der Waals surface area (Å²) in [5.41, 5.74) is 0. The molecule has 0 atom stereocenters. The summed E-state index contributed by atoms with van der Waals surface area (Å²) in [6.07, 6.45) is 0. The normalized spacial score (nSPS) is 11.6. The molecular weight excluding hydrogens is 104 g/mol. The van der Waals surface area contributed by atoms with Crippen LogP contribution in [0, 0.1) is 0 Å². The van der Waals surface area contributed by atoms with Crippen molar-refractivity contribution in [3.8, 4) is 0 Å². The fourth-order valence-electron chi connectivity index (χ4n) is 0.305. The Morgan fingerprint density at radius 2 is 2.25 bits per heavy atom. The first-order valence-corrected chi connectivity index (χ1v) is 2.62. The zero-order chi connectivity index (χ0) is 6.57. The highest BCUT2D eigenvalue weighted by molar-refractivity contribution is 5.78. The van der Waals surface area contributed by atoms with Crippen molar-refractivity contribution in [1.82, 2.24) is 4.90 Å². The van der Waals surface area contributed by atoms with E-state index in [0.717, 1.165) is 6.54 Å². The van der Waals surface area contributed by atoms with Gasteiger partial charge < -0.3 is 10.1 Å². The van der Waals surface area contributed by atoms with Crippen LogP contribution < -0.4 is 0 Å². The zero-order valence-electron chi connectivity index (χ0n) is 5.55. The van der Waals surface area contributed by atoms with Crippen LogP contribution in [0.1, 0.15) is 13.8 Å². The first kappa shape index (κ1) is 7.27. The van der Waals surface area contributed by atoms with Gasteiger partial charge in [-0.05, 0) is 13.8 Å². The van der Waals surface area contributed by atoms with Crippen LogP contribution in [0.25, 0.3) is 0 Å². The second-order valence-corrected chi connectivity index (χ2v) is 1.66. The molecule has 0 aromatic heterocycles. The van der Waals surface area contributed by atoms with E-state index in [4.69, 9.17) is 5.21 Å². The van der Waals surface area contributed by atoms with Crippen molar-refractivity contribution in [2.45, 2.75) is 13.8 Å². The summed E-state index contributed by atoms with van der Waals surface area (Å²) in [4.78, 5) is 1.85. The Balaban J connectivity index is 3.63. The molecule has 0 aliphatic heterocycles. The van der Waals surface area contributed by atoms with E-state index in [0.29, 0.717) is 5.84 Å². The van der Waals surface area contributed by atoms with Crippen LogP contribution in [0.5, 0.6) is 0 Å². The van der Waals surface area contributed by atoms with Crippen molar-refractivity contribution >= 4 is 5.84 Å². The Morgan fingerprint density at radius 1 is 1.75 bits per heavy atom. The molecule has 1 N–H and O–H groups in total. The summed E-state index contributed by atoms with van der Waals surface area (Å²) in [5.74, 6) is 0.646. The van der Waals surface area contributed by atoms with Crippen LogP contribution in [0.4, 0.5) is 0 Å². The molecule has 0 aromatic carbocycles. The van der Waals surface area contributed by atoms with Crippen molar-refractivity contribution in [2.24, 2.45) is 5.16 Å². The van der Waals surface area contributed by atoms with Crippen molar-refractivity contribution in [2.75, 3.05) is 13.6 Å². The van der Waals surface area contributed by atoms with Crippen LogP contribution in [0.15, 0.2) is 5.16 Å². The highest BCUT2D eigenvalue weighted by Gasteiger charge is 1.93. The summed E-state index contributed by atoms with van der Waals surface area (Å²) < 4.78 is 0. The van der Waals surface area contributed by atoms with Gasteiger partial charge in [0.25, 0.3) is 0 Å². The van der Waals surface area contributed by atoms with Gasteiger partial charge in [0.2, 0.25) is 0 Å². The molecule has 0 unspecified atom stereocenters. The van der Waals surface area contributed by atoms with Crippen molar-refractivity contribution in [3.63, 3.8) is 0 Å². The Kier molecular flexibility index (Phi) is 2.99. The van der Waals surface area contributed by atoms with E-state index in [2.05, 4.69) is 5.16 Å². The Hall–Kier alpha value is -0.730. The molecule has 8 heavy (non-hydrogen) atoms. The topological polar surface area (TPSA) is 35.8 Å². The van der Waals surface area contributed by atoms with E-state index < -0.39 is 0 Å². The largest absolute Gasteiger partial charge is 0.409 e. The third-order valence-electron chi connectivity index (χ3n) is 1.17. The maximum atomic E-state index is 8.18. The number of nitrogens with zero attached hydrogens (tertiary/aromatic N) is 2. The van der Waals surface area contributed by atoms with Gasteiger partial charge in [-0.15, -0.1) is 0 Å². The molecule has 3 nitrogen and oxygen atoms in total. The first-order valence-electron chi connectivity index (χ1n) is 2.62. The first-order chi connectivity index (χ1) is 3.72. The smallest absolute Gasteiger partial charge is 0.140 e. The van der Waals surface area contributed by atoms with Gasteiger partial charge in [0.05, 0.1) is 0 Å². The molecule has 0 aliphatic rings. The summed E-state index contributed by atoms with van der Waals surface area (Å²) >= 11 is 0. The monoisotopic (exact) mass is 116 g/mol. The van der Waals surface area contributed by atoms with Crippen LogP contribution in [-0.2, 0) is 0 Å². The van der Waals surface area contributed by atoms with Crippen LogP contribution >= 0.6 is 0 Å². The van der Waals surface area contributed by atoms with Gasteiger partial charge in [-0.1, -0.05) is 5.16 Å². The van der Waals surface area contributed by atoms with E-state index in [1.54, 1.807) is 6.92 Å². The third-order valence-corrected chi connectivity index (χ3v) is 1.17. The number of hydrogen-bond donors (Lipinski definition) is 1. The molecule has 0 radical (unpaired) electrons.